The van der Waals surface area contributed by atoms with Gasteiger partial charge in [-0.2, -0.15) is 0 Å². The normalized spacial score (nSPS) is 43.5. The van der Waals surface area contributed by atoms with Crippen LogP contribution in [0.2, 0.25) is 0 Å². The molecule has 3 unspecified atom stereocenters. The molecule has 3 saturated carbocycles. The van der Waals surface area contributed by atoms with E-state index in [4.69, 9.17) is 4.74 Å². The van der Waals surface area contributed by atoms with Crippen molar-refractivity contribution >= 4 is 5.97 Å². The van der Waals surface area contributed by atoms with Gasteiger partial charge < -0.3 is 4.74 Å². The molecule has 3 aliphatic carbocycles. The van der Waals surface area contributed by atoms with Crippen molar-refractivity contribution in [1.29, 1.82) is 0 Å². The van der Waals surface area contributed by atoms with Crippen LogP contribution in [0, 0.1) is 22.7 Å². The first-order valence-corrected chi connectivity index (χ1v) is 7.14. The van der Waals surface area contributed by atoms with Crippen molar-refractivity contribution in [2.45, 2.75) is 65.4 Å². The summed E-state index contributed by atoms with van der Waals surface area (Å²) in [5, 5.41) is 0. The topological polar surface area (TPSA) is 26.3 Å². The Kier molecular flexibility index (Phi) is 2.37. The van der Waals surface area contributed by atoms with E-state index in [1.165, 1.54) is 25.7 Å². The van der Waals surface area contributed by atoms with Crippen LogP contribution in [0.1, 0.15) is 59.3 Å². The Labute approximate surface area is 104 Å². The zero-order valence-electron chi connectivity index (χ0n) is 11.3. The summed E-state index contributed by atoms with van der Waals surface area (Å²) >= 11 is 0. The minimum atomic E-state index is 0.0862. The van der Waals surface area contributed by atoms with Crippen LogP contribution in [-0.2, 0) is 9.53 Å². The number of carbonyl (C=O) groups excluding carboxylic acids is 1. The van der Waals surface area contributed by atoms with E-state index in [0.29, 0.717) is 0 Å². The average Bonchev–Trinajstić information content (AvgIpc) is 2.61. The molecular weight excluding hydrogens is 212 g/mol. The van der Waals surface area contributed by atoms with Crippen molar-refractivity contribution in [2.75, 3.05) is 0 Å². The summed E-state index contributed by atoms with van der Waals surface area (Å²) in [6.07, 6.45) is 7.26. The summed E-state index contributed by atoms with van der Waals surface area (Å²) in [6.45, 7) is 6.90. The first-order valence-electron chi connectivity index (χ1n) is 7.14. The zero-order valence-corrected chi connectivity index (χ0v) is 11.3. The van der Waals surface area contributed by atoms with E-state index in [1.54, 1.807) is 0 Å². The zero-order chi connectivity index (χ0) is 12.3. The molecule has 17 heavy (non-hydrogen) atoms. The van der Waals surface area contributed by atoms with Gasteiger partial charge >= 0.3 is 5.97 Å². The maximum Gasteiger partial charge on any atom is 0.309 e. The molecule has 0 heterocycles. The molecule has 2 heteroatoms. The molecule has 96 valence electrons. The molecule has 0 radical (unpaired) electrons. The molecule has 0 aromatic rings. The second-order valence-corrected chi connectivity index (χ2v) is 7.36. The second kappa shape index (κ2) is 3.49. The number of hydrogen-bond donors (Lipinski definition) is 0. The summed E-state index contributed by atoms with van der Waals surface area (Å²) in [5.41, 5.74) is 0.444. The lowest BCUT2D eigenvalue weighted by Crippen LogP contribution is -2.45. The van der Waals surface area contributed by atoms with E-state index >= 15 is 0 Å². The maximum atomic E-state index is 12.1. The molecule has 0 aromatic carbocycles. The van der Waals surface area contributed by atoms with Crippen LogP contribution in [0.4, 0.5) is 0 Å². The molecule has 2 bridgehead atoms. The van der Waals surface area contributed by atoms with Gasteiger partial charge in [0.1, 0.15) is 6.10 Å². The van der Waals surface area contributed by atoms with E-state index in [1.807, 2.05) is 0 Å². The Morgan fingerprint density at radius 2 is 1.88 bits per heavy atom. The number of esters is 1. The molecule has 0 N–H and O–H groups in total. The lowest BCUT2D eigenvalue weighted by Gasteiger charge is -2.42. The molecule has 3 aliphatic rings. The Balaban J connectivity index is 1.75. The van der Waals surface area contributed by atoms with Gasteiger partial charge in [0.25, 0.3) is 0 Å². The van der Waals surface area contributed by atoms with Crippen molar-refractivity contribution < 1.29 is 9.53 Å². The molecule has 3 atom stereocenters. The lowest BCUT2D eigenvalue weighted by molar-refractivity contribution is -0.172. The average molecular weight is 236 g/mol. The van der Waals surface area contributed by atoms with Gasteiger partial charge in [0, 0.05) is 10.8 Å². The van der Waals surface area contributed by atoms with Crippen LogP contribution in [-0.4, -0.2) is 12.1 Å². The molecule has 2 nitrogen and oxygen atoms in total. The van der Waals surface area contributed by atoms with Crippen LogP contribution < -0.4 is 0 Å². The summed E-state index contributed by atoms with van der Waals surface area (Å²) in [4.78, 5) is 12.1. The molecule has 0 spiro atoms. The van der Waals surface area contributed by atoms with Gasteiger partial charge in [-0.1, -0.05) is 27.2 Å². The number of rotatable bonds is 2. The van der Waals surface area contributed by atoms with E-state index < -0.39 is 0 Å². The molecular formula is C15H24O2. The Morgan fingerprint density at radius 3 is 2.35 bits per heavy atom. The quantitative estimate of drug-likeness (QED) is 0.685. The van der Waals surface area contributed by atoms with E-state index in [9.17, 15) is 4.79 Å². The van der Waals surface area contributed by atoms with Gasteiger partial charge in [-0.15, -0.1) is 0 Å². The van der Waals surface area contributed by atoms with Crippen LogP contribution in [0.5, 0.6) is 0 Å². The third-order valence-electron chi connectivity index (χ3n) is 5.81. The van der Waals surface area contributed by atoms with Gasteiger partial charge in [-0.05, 0) is 38.0 Å². The Hall–Kier alpha value is -0.530. The summed E-state index contributed by atoms with van der Waals surface area (Å²) in [5.74, 6) is 1.06. The van der Waals surface area contributed by atoms with Gasteiger partial charge in [0.15, 0.2) is 0 Å². The minimum absolute atomic E-state index is 0.0862. The Morgan fingerprint density at radius 1 is 1.18 bits per heavy atom. The summed E-state index contributed by atoms with van der Waals surface area (Å²) in [6, 6.07) is 0. The minimum Gasteiger partial charge on any atom is -0.461 e. The molecule has 0 amide bonds. The fourth-order valence-electron chi connectivity index (χ4n) is 4.41. The largest absolute Gasteiger partial charge is 0.461 e. The van der Waals surface area contributed by atoms with Crippen molar-refractivity contribution in [2.24, 2.45) is 22.7 Å². The van der Waals surface area contributed by atoms with Gasteiger partial charge in [-0.25, -0.2) is 0 Å². The number of ether oxygens (including phenoxy) is 1. The maximum absolute atomic E-state index is 12.1. The first-order chi connectivity index (χ1) is 7.93. The first kappa shape index (κ1) is 11.6. The highest BCUT2D eigenvalue weighted by molar-refractivity contribution is 5.73. The van der Waals surface area contributed by atoms with Crippen LogP contribution in [0.3, 0.4) is 0 Å². The van der Waals surface area contributed by atoms with Gasteiger partial charge in [0.05, 0.1) is 5.92 Å². The SMILES string of the molecule is CC12CCC(C1)C(C)(C)C2OC(=O)C1CCC1. The van der Waals surface area contributed by atoms with Gasteiger partial charge in [0.2, 0.25) is 0 Å². The molecule has 3 rings (SSSR count). The second-order valence-electron chi connectivity index (χ2n) is 7.36. The fourth-order valence-corrected chi connectivity index (χ4v) is 4.41. The third kappa shape index (κ3) is 1.56. The van der Waals surface area contributed by atoms with Crippen LogP contribution >= 0.6 is 0 Å². The van der Waals surface area contributed by atoms with E-state index in [2.05, 4.69) is 20.8 Å². The number of hydrogen-bond acceptors (Lipinski definition) is 2. The van der Waals surface area contributed by atoms with Crippen molar-refractivity contribution in [3.05, 3.63) is 0 Å². The van der Waals surface area contributed by atoms with Crippen molar-refractivity contribution in [3.8, 4) is 0 Å². The van der Waals surface area contributed by atoms with Crippen molar-refractivity contribution in [3.63, 3.8) is 0 Å². The number of fused-ring (bicyclic) bond motifs is 2. The smallest absolute Gasteiger partial charge is 0.309 e. The highest BCUT2D eigenvalue weighted by Crippen LogP contribution is 2.63. The van der Waals surface area contributed by atoms with Crippen molar-refractivity contribution in [1.82, 2.24) is 0 Å². The standard InChI is InChI=1S/C15H24O2/c1-14(2)11-7-8-15(3,9-11)13(14)17-12(16)10-5-4-6-10/h10-11,13H,4-9H2,1-3H3. The molecule has 0 aromatic heterocycles. The van der Waals surface area contributed by atoms with Crippen LogP contribution in [0.25, 0.3) is 0 Å². The highest BCUT2D eigenvalue weighted by atomic mass is 16.5. The fraction of sp³-hybridized carbons (Fsp3) is 0.933. The van der Waals surface area contributed by atoms with Gasteiger partial charge in [-0.3, -0.25) is 4.79 Å². The van der Waals surface area contributed by atoms with E-state index in [-0.39, 0.29) is 28.8 Å². The Bertz CT molecular complexity index is 338. The molecule has 0 aliphatic heterocycles. The van der Waals surface area contributed by atoms with E-state index in [0.717, 1.165) is 18.8 Å². The summed E-state index contributed by atoms with van der Waals surface area (Å²) < 4.78 is 5.93. The lowest BCUT2D eigenvalue weighted by atomic mass is 9.70. The number of carbonyl (C=O) groups is 1. The summed E-state index contributed by atoms with van der Waals surface area (Å²) in [7, 11) is 0. The monoisotopic (exact) mass is 236 g/mol. The highest BCUT2D eigenvalue weighted by Gasteiger charge is 2.61. The predicted octanol–water partition coefficient (Wildman–Crippen LogP) is 3.54. The predicted molar refractivity (Wildman–Crippen MR) is 66.5 cm³/mol. The molecule has 3 fully saturated rings. The third-order valence-corrected chi connectivity index (χ3v) is 5.81. The molecule has 0 saturated heterocycles. The van der Waals surface area contributed by atoms with Crippen LogP contribution in [0.15, 0.2) is 0 Å².